The average Bonchev–Trinajstić information content (AvgIpc) is 3.12. The molecule has 0 bridgehead atoms. The van der Waals surface area contributed by atoms with Crippen LogP contribution in [0.1, 0.15) is 37.9 Å². The summed E-state index contributed by atoms with van der Waals surface area (Å²) in [6.07, 6.45) is 3.78. The van der Waals surface area contributed by atoms with E-state index < -0.39 is 12.0 Å². The smallest absolute Gasteiger partial charge is 0.338 e. The highest BCUT2D eigenvalue weighted by Crippen LogP contribution is 2.31. The van der Waals surface area contributed by atoms with E-state index in [0.717, 1.165) is 16.0 Å². The van der Waals surface area contributed by atoms with E-state index in [1.165, 1.54) is 11.3 Å². The van der Waals surface area contributed by atoms with Gasteiger partial charge in [0.2, 0.25) is 0 Å². The number of aromatic nitrogens is 1. The van der Waals surface area contributed by atoms with E-state index in [2.05, 4.69) is 4.99 Å². The summed E-state index contributed by atoms with van der Waals surface area (Å²) in [5, 5.41) is 0.562. The van der Waals surface area contributed by atoms with Crippen LogP contribution >= 0.6 is 34.7 Å². The van der Waals surface area contributed by atoms with E-state index in [1.807, 2.05) is 62.6 Å². The summed E-state index contributed by atoms with van der Waals surface area (Å²) in [6.45, 7) is 6.05. The van der Waals surface area contributed by atoms with Crippen molar-refractivity contribution in [2.24, 2.45) is 10.9 Å². The number of rotatable bonds is 6. The molecule has 2 aromatic carbocycles. The average molecular weight is 513 g/mol. The van der Waals surface area contributed by atoms with Gasteiger partial charge in [-0.25, -0.2) is 9.79 Å². The third-order valence-electron chi connectivity index (χ3n) is 5.41. The zero-order valence-corrected chi connectivity index (χ0v) is 21.8. The fourth-order valence-corrected chi connectivity index (χ4v) is 5.37. The first-order chi connectivity index (χ1) is 16.3. The lowest BCUT2D eigenvalue weighted by molar-refractivity contribution is -0.140. The molecule has 0 saturated carbocycles. The maximum absolute atomic E-state index is 13.6. The van der Waals surface area contributed by atoms with Crippen molar-refractivity contribution in [3.05, 3.63) is 95.6 Å². The van der Waals surface area contributed by atoms with Gasteiger partial charge in [-0.3, -0.25) is 9.36 Å². The lowest BCUT2D eigenvalue weighted by Gasteiger charge is -2.25. The topological polar surface area (TPSA) is 60.7 Å². The summed E-state index contributed by atoms with van der Waals surface area (Å²) < 4.78 is 7.68. The van der Waals surface area contributed by atoms with Gasteiger partial charge in [-0.05, 0) is 54.5 Å². The monoisotopic (exact) mass is 512 g/mol. The van der Waals surface area contributed by atoms with Crippen molar-refractivity contribution in [3.63, 3.8) is 0 Å². The number of carbonyl (C=O) groups excluding carboxylic acids is 1. The molecule has 5 nitrogen and oxygen atoms in total. The van der Waals surface area contributed by atoms with Crippen LogP contribution in [-0.2, 0) is 9.53 Å². The molecule has 1 aromatic heterocycles. The third kappa shape index (κ3) is 4.92. The predicted molar refractivity (Wildman–Crippen MR) is 139 cm³/mol. The van der Waals surface area contributed by atoms with Crippen LogP contribution in [0.3, 0.4) is 0 Å². The number of nitrogens with zero attached hydrogens (tertiary/aromatic N) is 2. The Kier molecular flexibility index (Phi) is 7.45. The zero-order valence-electron chi connectivity index (χ0n) is 19.4. The van der Waals surface area contributed by atoms with Gasteiger partial charge >= 0.3 is 5.97 Å². The largest absolute Gasteiger partial charge is 0.462 e. The molecule has 0 aliphatic carbocycles. The van der Waals surface area contributed by atoms with Crippen molar-refractivity contribution in [2.45, 2.75) is 31.7 Å². The van der Waals surface area contributed by atoms with Gasteiger partial charge in [0.05, 0.1) is 28.5 Å². The number of fused-ring (bicyclic) bond motifs is 1. The molecule has 8 heteroatoms. The van der Waals surface area contributed by atoms with E-state index in [0.29, 0.717) is 32.2 Å². The Bertz CT molecular complexity index is 1440. The Labute approximate surface area is 211 Å². The van der Waals surface area contributed by atoms with E-state index in [1.54, 1.807) is 35.4 Å². The first-order valence-electron chi connectivity index (χ1n) is 10.9. The second-order valence-corrected chi connectivity index (χ2v) is 10.7. The van der Waals surface area contributed by atoms with E-state index >= 15 is 0 Å². The number of hydrogen-bond donors (Lipinski definition) is 0. The van der Waals surface area contributed by atoms with Crippen LogP contribution in [0.15, 0.2) is 74.5 Å². The van der Waals surface area contributed by atoms with Gasteiger partial charge in [0.15, 0.2) is 4.80 Å². The van der Waals surface area contributed by atoms with Crippen LogP contribution in [-0.4, -0.2) is 23.4 Å². The minimum atomic E-state index is -0.625. The molecule has 0 saturated heterocycles. The van der Waals surface area contributed by atoms with Gasteiger partial charge in [0.1, 0.15) is 0 Å². The van der Waals surface area contributed by atoms with Crippen LogP contribution in [0.25, 0.3) is 6.08 Å². The molecule has 0 fully saturated rings. The molecule has 176 valence electrons. The Morgan fingerprint density at radius 2 is 1.94 bits per heavy atom. The zero-order chi connectivity index (χ0) is 24.4. The van der Waals surface area contributed by atoms with E-state index in [-0.39, 0.29) is 11.5 Å². The molecule has 1 unspecified atom stereocenters. The normalized spacial score (nSPS) is 15.9. The van der Waals surface area contributed by atoms with Crippen molar-refractivity contribution in [1.82, 2.24) is 4.57 Å². The Morgan fingerprint density at radius 3 is 2.59 bits per heavy atom. The second-order valence-electron chi connectivity index (χ2n) is 8.37. The highest BCUT2D eigenvalue weighted by molar-refractivity contribution is 7.98. The number of halogens is 1. The molecule has 2 heterocycles. The van der Waals surface area contributed by atoms with Crippen molar-refractivity contribution >= 4 is 46.7 Å². The SMILES string of the molecule is CSc1ccc(C2C(C(=O)OCC(C)C)=C(C)N=c3sc(=Cc4ccccc4Cl)c(=O)n32)cc1. The van der Waals surface area contributed by atoms with Crippen molar-refractivity contribution in [2.75, 3.05) is 12.9 Å². The quantitative estimate of drug-likeness (QED) is 0.351. The molecule has 0 N–H and O–H groups in total. The third-order valence-corrected chi connectivity index (χ3v) is 7.48. The van der Waals surface area contributed by atoms with Gasteiger partial charge in [-0.1, -0.05) is 67.1 Å². The fraction of sp³-hybridized carbons (Fsp3) is 0.269. The van der Waals surface area contributed by atoms with Crippen LogP contribution < -0.4 is 14.9 Å². The van der Waals surface area contributed by atoms with Gasteiger partial charge in [0, 0.05) is 9.92 Å². The minimum absolute atomic E-state index is 0.195. The highest BCUT2D eigenvalue weighted by Gasteiger charge is 2.33. The molecular weight excluding hydrogens is 488 g/mol. The summed E-state index contributed by atoms with van der Waals surface area (Å²) in [7, 11) is 0. The van der Waals surface area contributed by atoms with Crippen LogP contribution in [0.4, 0.5) is 0 Å². The molecule has 0 spiro atoms. The molecule has 4 rings (SSSR count). The number of esters is 1. The molecule has 0 radical (unpaired) electrons. The van der Waals surface area contributed by atoms with Gasteiger partial charge in [-0.15, -0.1) is 11.8 Å². The van der Waals surface area contributed by atoms with E-state index in [9.17, 15) is 9.59 Å². The predicted octanol–water partition coefficient (Wildman–Crippen LogP) is 4.81. The first kappa shape index (κ1) is 24.5. The number of allylic oxidation sites excluding steroid dienone is 1. The lowest BCUT2D eigenvalue weighted by atomic mass is 9.96. The standard InChI is InChI=1S/C26H25ClN2O3S2/c1-15(2)14-32-25(31)22-16(3)28-26-29(23(22)17-9-11-19(33-4)12-10-17)24(30)21(34-26)13-18-7-5-6-8-20(18)27/h5-13,15,23H,14H2,1-4H3. The van der Waals surface area contributed by atoms with Gasteiger partial charge in [0.25, 0.3) is 5.56 Å². The number of benzene rings is 2. The molecule has 1 atom stereocenters. The van der Waals surface area contributed by atoms with Gasteiger partial charge in [-0.2, -0.15) is 0 Å². The number of thioether (sulfide) groups is 1. The van der Waals surface area contributed by atoms with Crippen LogP contribution in [0.2, 0.25) is 5.02 Å². The number of thiazole rings is 1. The highest BCUT2D eigenvalue weighted by atomic mass is 35.5. The molecule has 1 aliphatic heterocycles. The second kappa shape index (κ2) is 10.3. The van der Waals surface area contributed by atoms with Crippen LogP contribution in [0, 0.1) is 5.92 Å². The minimum Gasteiger partial charge on any atom is -0.462 e. The maximum atomic E-state index is 13.6. The summed E-state index contributed by atoms with van der Waals surface area (Å²) in [5.74, 6) is -0.254. The fourth-order valence-electron chi connectivity index (χ4n) is 3.74. The Morgan fingerprint density at radius 1 is 1.24 bits per heavy atom. The van der Waals surface area contributed by atoms with Crippen molar-refractivity contribution in [1.29, 1.82) is 0 Å². The molecule has 34 heavy (non-hydrogen) atoms. The summed E-state index contributed by atoms with van der Waals surface area (Å²) in [4.78, 5) is 33.1. The van der Waals surface area contributed by atoms with Crippen LogP contribution in [0.5, 0.6) is 0 Å². The van der Waals surface area contributed by atoms with E-state index in [4.69, 9.17) is 16.3 Å². The van der Waals surface area contributed by atoms with Crippen molar-refractivity contribution in [3.8, 4) is 0 Å². The number of ether oxygens (including phenoxy) is 1. The summed E-state index contributed by atoms with van der Waals surface area (Å²) in [6, 6.07) is 14.6. The van der Waals surface area contributed by atoms with Gasteiger partial charge < -0.3 is 4.74 Å². The summed E-state index contributed by atoms with van der Waals surface area (Å²) >= 11 is 9.24. The number of hydrogen-bond acceptors (Lipinski definition) is 6. The molecular formula is C26H25ClN2O3S2. The molecule has 1 aliphatic rings. The Balaban J connectivity index is 1.91. The first-order valence-corrected chi connectivity index (χ1v) is 13.3. The summed E-state index contributed by atoms with van der Waals surface area (Å²) in [5.41, 5.74) is 2.30. The lowest BCUT2D eigenvalue weighted by Crippen LogP contribution is -2.40. The van der Waals surface area contributed by atoms with Crippen molar-refractivity contribution < 1.29 is 9.53 Å². The molecule has 3 aromatic rings. The Hall–Kier alpha value is -2.61. The molecule has 0 amide bonds. The number of carbonyl (C=O) groups is 1. The maximum Gasteiger partial charge on any atom is 0.338 e.